The normalized spacial score (nSPS) is 26.2. The average molecular weight is 461 g/mol. The summed E-state index contributed by atoms with van der Waals surface area (Å²) in [6, 6.07) is 22.7. The second-order valence-corrected chi connectivity index (χ2v) is 8.82. The molecule has 0 saturated heterocycles. The molecule has 3 atom stereocenters. The molecule has 0 spiro atoms. The van der Waals surface area contributed by atoms with Gasteiger partial charge in [-0.25, -0.2) is 0 Å². The fraction of sp³-hybridized carbons (Fsp3) is 0.160. The van der Waals surface area contributed by atoms with Gasteiger partial charge in [0, 0.05) is 27.1 Å². The first kappa shape index (κ1) is 18.9. The van der Waals surface area contributed by atoms with Crippen LogP contribution in [-0.2, 0) is 4.79 Å². The maximum absolute atomic E-state index is 13.8. The number of hydrogen-bond acceptors (Lipinski definition) is 4. The zero-order valence-corrected chi connectivity index (χ0v) is 17.7. The summed E-state index contributed by atoms with van der Waals surface area (Å²) in [5, 5.41) is 0. The molecule has 0 amide bonds. The van der Waals surface area contributed by atoms with Crippen molar-refractivity contribution < 1.29 is 19.1 Å². The molecule has 1 heterocycles. The van der Waals surface area contributed by atoms with Crippen molar-refractivity contribution >= 4 is 33.5 Å². The Balaban J connectivity index is 1.74. The van der Waals surface area contributed by atoms with E-state index in [9.17, 15) is 14.4 Å². The fourth-order valence-electron chi connectivity index (χ4n) is 4.99. The van der Waals surface area contributed by atoms with E-state index >= 15 is 0 Å². The van der Waals surface area contributed by atoms with Crippen molar-refractivity contribution in [2.45, 2.75) is 12.8 Å². The lowest BCUT2D eigenvalue weighted by Crippen LogP contribution is -2.39. The number of ketones is 2. The molecule has 5 rings (SSSR count). The maximum atomic E-state index is 13.8. The molecule has 4 nitrogen and oxygen atoms in total. The molecule has 3 aromatic rings. The molecular formula is C25H17BrO4. The number of esters is 1. The van der Waals surface area contributed by atoms with Crippen LogP contribution in [0.3, 0.4) is 0 Å². The van der Waals surface area contributed by atoms with E-state index in [2.05, 4.69) is 15.9 Å². The van der Waals surface area contributed by atoms with E-state index in [0.717, 1.165) is 4.47 Å². The SMILES string of the molecule is C[C@]1(C(=O)c2ccccc2)[C@@H]2c3cc(Br)ccc3OC(=O)[C@]21C(=O)c1ccccc1. The Kier molecular flexibility index (Phi) is 4.09. The first-order valence-corrected chi connectivity index (χ1v) is 10.4. The highest BCUT2D eigenvalue weighted by molar-refractivity contribution is 9.10. The van der Waals surface area contributed by atoms with Crippen LogP contribution in [0, 0.1) is 10.8 Å². The Morgan fingerprint density at radius 3 is 2.03 bits per heavy atom. The number of rotatable bonds is 4. The molecule has 0 unspecified atom stereocenters. The van der Waals surface area contributed by atoms with Crippen molar-refractivity contribution in [3.05, 3.63) is 100 Å². The lowest BCUT2D eigenvalue weighted by Gasteiger charge is -2.23. The van der Waals surface area contributed by atoms with Crippen LogP contribution in [-0.4, -0.2) is 17.5 Å². The van der Waals surface area contributed by atoms with Crippen LogP contribution in [0.5, 0.6) is 5.75 Å². The minimum absolute atomic E-state index is 0.234. The van der Waals surface area contributed by atoms with Crippen molar-refractivity contribution in [3.8, 4) is 5.75 Å². The number of carbonyl (C=O) groups is 3. The molecule has 1 fully saturated rings. The Hall–Kier alpha value is -3.05. The minimum atomic E-state index is -1.59. The van der Waals surface area contributed by atoms with Gasteiger partial charge in [-0.3, -0.25) is 14.4 Å². The summed E-state index contributed by atoms with van der Waals surface area (Å²) < 4.78 is 6.43. The average Bonchev–Trinajstić information content (AvgIpc) is 3.37. The number of Topliss-reactive ketones (excluding diaryl/α,β-unsaturated/α-hetero) is 2. The number of halogens is 1. The standard InChI is InChI=1S/C25H17BrO4/c1-24(21(27)15-8-4-2-5-9-15)20-18-14-17(26)12-13-19(18)30-23(29)25(20,24)22(28)16-10-6-3-7-11-16/h2-14,20H,1H3/t20-,24+,25+/m0/s1. The Morgan fingerprint density at radius 2 is 1.43 bits per heavy atom. The van der Waals surface area contributed by atoms with Gasteiger partial charge >= 0.3 is 5.97 Å². The van der Waals surface area contributed by atoms with Crippen LogP contribution in [0.1, 0.15) is 39.1 Å². The highest BCUT2D eigenvalue weighted by Gasteiger charge is 2.87. The Bertz CT molecular complexity index is 1200. The van der Waals surface area contributed by atoms with Crippen LogP contribution in [0.4, 0.5) is 0 Å². The maximum Gasteiger partial charge on any atom is 0.327 e. The molecule has 0 N–H and O–H groups in total. The summed E-state index contributed by atoms with van der Waals surface area (Å²) in [7, 11) is 0. The van der Waals surface area contributed by atoms with Gasteiger partial charge in [0.2, 0.25) is 0 Å². The lowest BCUT2D eigenvalue weighted by atomic mass is 9.82. The molecule has 5 heteroatoms. The van der Waals surface area contributed by atoms with Gasteiger partial charge in [-0.2, -0.15) is 0 Å². The molecule has 0 bridgehead atoms. The Morgan fingerprint density at radius 1 is 0.867 bits per heavy atom. The van der Waals surface area contributed by atoms with Crippen molar-refractivity contribution in [3.63, 3.8) is 0 Å². The zero-order chi connectivity index (χ0) is 21.1. The summed E-state index contributed by atoms with van der Waals surface area (Å²) in [6.07, 6.45) is 0. The molecule has 0 radical (unpaired) electrons. The predicted octanol–water partition coefficient (Wildman–Crippen LogP) is 5.22. The topological polar surface area (TPSA) is 60.4 Å². The summed E-state index contributed by atoms with van der Waals surface area (Å²) >= 11 is 3.46. The van der Waals surface area contributed by atoms with E-state index in [-0.39, 0.29) is 11.6 Å². The van der Waals surface area contributed by atoms with Crippen molar-refractivity contribution in [2.24, 2.45) is 10.8 Å². The first-order chi connectivity index (χ1) is 14.4. The van der Waals surface area contributed by atoms with Crippen LogP contribution < -0.4 is 4.74 Å². The third-order valence-corrected chi connectivity index (χ3v) is 6.95. The largest absolute Gasteiger partial charge is 0.425 e. The number of carbonyl (C=O) groups excluding carboxylic acids is 3. The molecule has 0 aromatic heterocycles. The van der Waals surface area contributed by atoms with Gasteiger partial charge in [0.1, 0.15) is 5.75 Å². The fourth-order valence-corrected chi connectivity index (χ4v) is 5.37. The van der Waals surface area contributed by atoms with Gasteiger partial charge in [0.05, 0.1) is 5.41 Å². The summed E-state index contributed by atoms with van der Waals surface area (Å²) in [5.41, 5.74) is -1.28. The van der Waals surface area contributed by atoms with E-state index in [4.69, 9.17) is 4.74 Å². The third-order valence-electron chi connectivity index (χ3n) is 6.46. The Labute approximate surface area is 182 Å². The van der Waals surface area contributed by atoms with E-state index in [0.29, 0.717) is 22.4 Å². The smallest absolute Gasteiger partial charge is 0.327 e. The number of hydrogen-bond donors (Lipinski definition) is 0. The van der Waals surface area contributed by atoms with Gasteiger partial charge in [-0.15, -0.1) is 0 Å². The zero-order valence-electron chi connectivity index (χ0n) is 16.1. The van der Waals surface area contributed by atoms with Gasteiger partial charge in [-0.05, 0) is 18.2 Å². The van der Waals surface area contributed by atoms with Crippen LogP contribution in [0.25, 0.3) is 0 Å². The quantitative estimate of drug-likeness (QED) is 0.231. The van der Waals surface area contributed by atoms with Gasteiger partial charge < -0.3 is 4.74 Å². The van der Waals surface area contributed by atoms with Crippen molar-refractivity contribution in [2.75, 3.05) is 0 Å². The van der Waals surface area contributed by atoms with Crippen molar-refractivity contribution in [1.82, 2.24) is 0 Å². The summed E-state index contributed by atoms with van der Waals surface area (Å²) in [4.78, 5) is 40.8. The minimum Gasteiger partial charge on any atom is -0.425 e. The molecule has 1 saturated carbocycles. The summed E-state index contributed by atoms with van der Waals surface area (Å²) in [6.45, 7) is 1.71. The lowest BCUT2D eigenvalue weighted by molar-refractivity contribution is -0.140. The molecular weight excluding hydrogens is 444 g/mol. The van der Waals surface area contributed by atoms with Crippen LogP contribution in [0.15, 0.2) is 83.3 Å². The predicted molar refractivity (Wildman–Crippen MR) is 115 cm³/mol. The molecule has 3 aromatic carbocycles. The summed E-state index contributed by atoms with van der Waals surface area (Å²) in [5.74, 6) is -1.48. The number of fused-ring (bicyclic) bond motifs is 3. The highest BCUT2D eigenvalue weighted by Crippen LogP contribution is 2.79. The molecule has 1 aliphatic carbocycles. The number of ether oxygens (including phenoxy) is 1. The van der Waals surface area contributed by atoms with Crippen LogP contribution in [0.2, 0.25) is 0 Å². The highest BCUT2D eigenvalue weighted by atomic mass is 79.9. The first-order valence-electron chi connectivity index (χ1n) is 9.64. The van der Waals surface area contributed by atoms with Crippen LogP contribution >= 0.6 is 15.9 Å². The molecule has 2 aliphatic rings. The van der Waals surface area contributed by atoms with E-state index in [1.54, 1.807) is 73.7 Å². The number of benzene rings is 3. The van der Waals surface area contributed by atoms with Crippen molar-refractivity contribution in [1.29, 1.82) is 0 Å². The molecule has 148 valence electrons. The van der Waals surface area contributed by atoms with Gasteiger partial charge in [0.15, 0.2) is 17.0 Å². The molecule has 30 heavy (non-hydrogen) atoms. The van der Waals surface area contributed by atoms with Gasteiger partial charge in [0.25, 0.3) is 0 Å². The van der Waals surface area contributed by atoms with E-state index in [1.165, 1.54) is 0 Å². The molecule has 1 aliphatic heterocycles. The second-order valence-electron chi connectivity index (χ2n) is 7.91. The second kappa shape index (κ2) is 6.47. The third kappa shape index (κ3) is 2.30. The van der Waals surface area contributed by atoms with E-state index < -0.39 is 22.7 Å². The monoisotopic (exact) mass is 460 g/mol. The van der Waals surface area contributed by atoms with Gasteiger partial charge in [-0.1, -0.05) is 83.5 Å². The van der Waals surface area contributed by atoms with E-state index in [1.807, 2.05) is 12.1 Å².